The van der Waals surface area contributed by atoms with E-state index >= 15 is 0 Å². The summed E-state index contributed by atoms with van der Waals surface area (Å²) in [6, 6.07) is 15.6. The zero-order chi connectivity index (χ0) is 25.8. The highest BCUT2D eigenvalue weighted by atomic mass is 32.2. The number of aryl methyl sites for hydroxylation is 2. The molecule has 2 aromatic carbocycles. The van der Waals surface area contributed by atoms with Gasteiger partial charge in [-0.25, -0.2) is 8.42 Å². The number of rotatable bonds is 7. The van der Waals surface area contributed by atoms with Crippen LogP contribution in [0.4, 0.5) is 5.69 Å². The minimum absolute atomic E-state index is 0.0373. The van der Waals surface area contributed by atoms with Crippen LogP contribution in [0.1, 0.15) is 58.2 Å². The molecule has 2 heterocycles. The third-order valence-corrected chi connectivity index (χ3v) is 8.60. The molecule has 0 radical (unpaired) electrons. The average Bonchev–Trinajstić information content (AvgIpc) is 3.32. The molecule has 3 aromatic rings. The molecule has 1 aliphatic heterocycles. The van der Waals surface area contributed by atoms with E-state index < -0.39 is 21.5 Å². The highest BCUT2D eigenvalue weighted by molar-refractivity contribution is 7.88. The minimum atomic E-state index is -3.27. The van der Waals surface area contributed by atoms with Crippen molar-refractivity contribution in [3.05, 3.63) is 87.9 Å². The maximum Gasteiger partial charge on any atom is 0.231 e. The summed E-state index contributed by atoms with van der Waals surface area (Å²) in [7, 11) is 0.725. The second kappa shape index (κ2) is 8.78. The lowest BCUT2D eigenvalue weighted by Gasteiger charge is -2.26. The van der Waals surface area contributed by atoms with Crippen LogP contribution in [-0.2, 0) is 33.3 Å². The topological polar surface area (TPSA) is 82.9 Å². The molecule has 1 atom stereocenters. The maximum absolute atomic E-state index is 13.9. The Morgan fingerprint density at radius 3 is 2.36 bits per heavy atom. The first-order valence-electron chi connectivity index (χ1n) is 12.2. The molecule has 1 aromatic heterocycles. The van der Waals surface area contributed by atoms with Gasteiger partial charge >= 0.3 is 0 Å². The molecule has 0 saturated heterocycles. The molecule has 0 spiro atoms. The van der Waals surface area contributed by atoms with Crippen LogP contribution in [0.2, 0.25) is 0 Å². The van der Waals surface area contributed by atoms with Crippen LogP contribution in [0.15, 0.2) is 52.9 Å². The zero-order valence-electron chi connectivity index (χ0n) is 21.5. The van der Waals surface area contributed by atoms with E-state index in [4.69, 9.17) is 4.42 Å². The van der Waals surface area contributed by atoms with Crippen LogP contribution in [0.3, 0.4) is 0 Å². The summed E-state index contributed by atoms with van der Waals surface area (Å²) in [5.74, 6) is 1.45. The molecule has 36 heavy (non-hydrogen) atoms. The van der Waals surface area contributed by atoms with Crippen molar-refractivity contribution >= 4 is 21.6 Å². The van der Waals surface area contributed by atoms with Crippen molar-refractivity contribution < 1.29 is 17.6 Å². The molecular formula is C28H33N3O4S. The maximum atomic E-state index is 13.9. The number of carbonyl (C=O) groups is 1. The fraction of sp³-hybridized carbons (Fsp3) is 0.393. The summed E-state index contributed by atoms with van der Waals surface area (Å²) in [5, 5.41) is 3.31. The number of fused-ring (bicyclic) bond motifs is 1. The normalized spacial score (nSPS) is 17.5. The predicted molar refractivity (Wildman–Crippen MR) is 140 cm³/mol. The van der Waals surface area contributed by atoms with Crippen molar-refractivity contribution in [1.29, 1.82) is 0 Å². The molecule has 1 saturated carbocycles. The monoisotopic (exact) mass is 507 g/mol. The summed E-state index contributed by atoms with van der Waals surface area (Å²) in [6.45, 7) is 4.69. The molecule has 1 amide bonds. The number of hydrogen-bond acceptors (Lipinski definition) is 5. The summed E-state index contributed by atoms with van der Waals surface area (Å²) >= 11 is 0. The summed E-state index contributed by atoms with van der Waals surface area (Å²) in [6.07, 6.45) is 2.75. The molecule has 5 rings (SSSR count). The van der Waals surface area contributed by atoms with Gasteiger partial charge in [0.05, 0.1) is 11.7 Å². The molecule has 1 N–H and O–H groups in total. The van der Waals surface area contributed by atoms with Crippen molar-refractivity contribution in [3.8, 4) is 0 Å². The van der Waals surface area contributed by atoms with E-state index in [0.29, 0.717) is 18.8 Å². The van der Waals surface area contributed by atoms with E-state index in [-0.39, 0.29) is 5.91 Å². The first-order chi connectivity index (χ1) is 17.0. The Balaban J connectivity index is 1.47. The first-order valence-corrected chi connectivity index (χ1v) is 14.1. The Bertz CT molecular complexity index is 1440. The number of carbonyl (C=O) groups excluding carboxylic acids is 1. The van der Waals surface area contributed by atoms with Crippen molar-refractivity contribution in [1.82, 2.24) is 9.62 Å². The van der Waals surface area contributed by atoms with Crippen LogP contribution in [0, 0.1) is 13.8 Å². The number of nitrogens with zero attached hydrogens (tertiary/aromatic N) is 2. The number of benzene rings is 2. The minimum Gasteiger partial charge on any atom is -0.464 e. The number of sulfonamides is 1. The molecule has 1 unspecified atom stereocenters. The van der Waals surface area contributed by atoms with Gasteiger partial charge in [-0.1, -0.05) is 30.3 Å². The number of amides is 1. The standard InChI is InChI=1S/C28H33N3O4S/c1-18-6-10-23(24(14-18)30(3)4)26(25-11-7-19(2)35-25)29-27(32)28(12-13-28)22-9-8-20-16-31(36(5,33)34)17-21(20)15-22/h6-11,14-15,26H,12-13,16-17H2,1-5H3,(H,29,32). The molecule has 1 fully saturated rings. The fourth-order valence-corrected chi connectivity index (χ4v) is 5.88. The second-order valence-corrected chi connectivity index (χ2v) is 12.4. The van der Waals surface area contributed by atoms with Crippen molar-refractivity contribution in [3.63, 3.8) is 0 Å². The molecule has 0 bridgehead atoms. The third kappa shape index (κ3) is 4.44. The lowest BCUT2D eigenvalue weighted by atomic mass is 9.91. The third-order valence-electron chi connectivity index (χ3n) is 7.41. The van der Waals surface area contributed by atoms with Gasteiger partial charge in [-0.3, -0.25) is 4.79 Å². The van der Waals surface area contributed by atoms with E-state index in [9.17, 15) is 13.2 Å². The van der Waals surface area contributed by atoms with E-state index in [1.54, 1.807) is 0 Å². The SMILES string of the molecule is Cc1ccc(C(NC(=O)C2(c3ccc4c(c3)CN(S(C)(=O)=O)C4)CC2)c2ccc(C)o2)c(N(C)C)c1. The number of anilines is 1. The van der Waals surface area contributed by atoms with Gasteiger partial charge < -0.3 is 14.6 Å². The van der Waals surface area contributed by atoms with E-state index in [0.717, 1.165) is 52.1 Å². The van der Waals surface area contributed by atoms with Gasteiger partial charge in [0.2, 0.25) is 15.9 Å². The largest absolute Gasteiger partial charge is 0.464 e. The van der Waals surface area contributed by atoms with Crippen molar-refractivity contribution in [2.45, 2.75) is 51.2 Å². The Kier molecular flexibility index (Phi) is 6.00. The highest BCUT2D eigenvalue weighted by Crippen LogP contribution is 2.50. The zero-order valence-corrected chi connectivity index (χ0v) is 22.3. The van der Waals surface area contributed by atoms with E-state index in [2.05, 4.69) is 35.3 Å². The van der Waals surface area contributed by atoms with Gasteiger partial charge in [0.1, 0.15) is 17.6 Å². The summed E-state index contributed by atoms with van der Waals surface area (Å²) < 4.78 is 31.6. The quantitative estimate of drug-likeness (QED) is 0.519. The van der Waals surface area contributed by atoms with Crippen LogP contribution in [-0.4, -0.2) is 39.0 Å². The first kappa shape index (κ1) is 24.6. The molecule has 8 heteroatoms. The molecule has 7 nitrogen and oxygen atoms in total. The van der Waals surface area contributed by atoms with Crippen LogP contribution in [0.25, 0.3) is 0 Å². The number of hydrogen-bond donors (Lipinski definition) is 1. The van der Waals surface area contributed by atoms with E-state index in [1.165, 1.54) is 10.6 Å². The molecular weight excluding hydrogens is 474 g/mol. The average molecular weight is 508 g/mol. The van der Waals surface area contributed by atoms with Gasteiger partial charge in [0.25, 0.3) is 0 Å². The number of furan rings is 1. The Morgan fingerprint density at radius 1 is 1.03 bits per heavy atom. The summed E-state index contributed by atoms with van der Waals surface area (Å²) in [4.78, 5) is 15.9. The Labute approximate surface area is 213 Å². The smallest absolute Gasteiger partial charge is 0.231 e. The Hall–Kier alpha value is -3.10. The van der Waals surface area contributed by atoms with Gasteiger partial charge in [-0.05, 0) is 67.1 Å². The van der Waals surface area contributed by atoms with Crippen molar-refractivity contribution in [2.75, 3.05) is 25.3 Å². The van der Waals surface area contributed by atoms with Gasteiger partial charge in [-0.15, -0.1) is 0 Å². The van der Waals surface area contributed by atoms with Gasteiger partial charge in [-0.2, -0.15) is 4.31 Å². The van der Waals surface area contributed by atoms with Gasteiger partial charge in [0, 0.05) is 38.4 Å². The predicted octanol–water partition coefficient (Wildman–Crippen LogP) is 4.18. The Morgan fingerprint density at radius 2 is 1.75 bits per heavy atom. The second-order valence-electron chi connectivity index (χ2n) is 10.4. The highest BCUT2D eigenvalue weighted by Gasteiger charge is 2.52. The summed E-state index contributed by atoms with van der Waals surface area (Å²) in [5.41, 5.74) is 5.45. The van der Waals surface area contributed by atoms with Gasteiger partial charge in [0.15, 0.2) is 0 Å². The molecule has 190 valence electrons. The lowest BCUT2D eigenvalue weighted by molar-refractivity contribution is -0.124. The van der Waals surface area contributed by atoms with Crippen LogP contribution >= 0.6 is 0 Å². The number of nitrogens with one attached hydrogen (secondary N) is 1. The van der Waals surface area contributed by atoms with E-state index in [1.807, 2.05) is 51.4 Å². The fourth-order valence-electron chi connectivity index (χ4n) is 5.13. The molecule has 2 aliphatic rings. The van der Waals surface area contributed by atoms with Crippen LogP contribution in [0.5, 0.6) is 0 Å². The van der Waals surface area contributed by atoms with Crippen molar-refractivity contribution in [2.24, 2.45) is 0 Å². The molecule has 1 aliphatic carbocycles. The lowest BCUT2D eigenvalue weighted by Crippen LogP contribution is -2.38. The van der Waals surface area contributed by atoms with Crippen LogP contribution < -0.4 is 10.2 Å².